The summed E-state index contributed by atoms with van der Waals surface area (Å²) in [6, 6.07) is 6.53. The van der Waals surface area contributed by atoms with Gasteiger partial charge in [0.05, 0.1) is 5.57 Å². The van der Waals surface area contributed by atoms with Crippen LogP contribution >= 0.6 is 11.3 Å². The first kappa shape index (κ1) is 17.6. The molecule has 3 rings (SSSR count). The van der Waals surface area contributed by atoms with Gasteiger partial charge in [-0.1, -0.05) is 24.3 Å². The van der Waals surface area contributed by atoms with Gasteiger partial charge in [0.15, 0.2) is 5.71 Å². The summed E-state index contributed by atoms with van der Waals surface area (Å²) in [5, 5.41) is 0. The zero-order valence-electron chi connectivity index (χ0n) is 13.8. The molecule has 0 radical (unpaired) electrons. The van der Waals surface area contributed by atoms with Crippen LogP contribution in [0.25, 0.3) is 15.8 Å². The predicted octanol–water partition coefficient (Wildman–Crippen LogP) is -0.0891. The number of rotatable bonds is 2. The molecule has 1 aliphatic rings. The van der Waals surface area contributed by atoms with Crippen molar-refractivity contribution >= 4 is 32.8 Å². The van der Waals surface area contributed by atoms with E-state index in [2.05, 4.69) is 74.7 Å². The molecule has 23 heavy (non-hydrogen) atoms. The van der Waals surface area contributed by atoms with Gasteiger partial charge in [-0.25, -0.2) is 4.58 Å². The molecular formula is C19H22ClN2S+. The Morgan fingerprint density at radius 3 is 2.52 bits per heavy atom. The lowest BCUT2D eigenvalue weighted by Gasteiger charge is -2.01. The number of aromatic nitrogens is 1. The van der Waals surface area contributed by atoms with Crippen LogP contribution in [0.1, 0.15) is 18.9 Å². The summed E-state index contributed by atoms with van der Waals surface area (Å²) in [7, 11) is 2.14. The largest absolute Gasteiger partial charge is 1.00 e. The van der Waals surface area contributed by atoms with E-state index in [0.29, 0.717) is 0 Å². The van der Waals surface area contributed by atoms with Gasteiger partial charge in [0.25, 0.3) is 4.66 Å². The molecule has 4 heteroatoms. The van der Waals surface area contributed by atoms with E-state index in [1.54, 1.807) is 11.3 Å². The molecule has 0 saturated heterocycles. The number of hydrogen-bond acceptors (Lipinski definition) is 1. The minimum absolute atomic E-state index is 0. The van der Waals surface area contributed by atoms with Crippen LogP contribution in [-0.4, -0.2) is 23.9 Å². The van der Waals surface area contributed by atoms with E-state index in [9.17, 15) is 0 Å². The predicted molar refractivity (Wildman–Crippen MR) is 95.2 cm³/mol. The fourth-order valence-corrected chi connectivity index (χ4v) is 3.93. The molecule has 0 spiro atoms. The maximum Gasteiger partial charge on any atom is 0.274 e. The normalized spacial score (nSPS) is 13.5. The van der Waals surface area contributed by atoms with Crippen molar-refractivity contribution in [2.24, 2.45) is 0 Å². The van der Waals surface area contributed by atoms with Gasteiger partial charge in [0.2, 0.25) is 5.52 Å². The lowest BCUT2D eigenvalue weighted by Crippen LogP contribution is -3.00. The highest BCUT2D eigenvalue weighted by Crippen LogP contribution is 2.16. The molecule has 120 valence electrons. The van der Waals surface area contributed by atoms with Gasteiger partial charge >= 0.3 is 0 Å². The molecule has 1 heterocycles. The van der Waals surface area contributed by atoms with Gasteiger partial charge in [-0.3, -0.25) is 0 Å². The van der Waals surface area contributed by atoms with Crippen LogP contribution in [0.3, 0.4) is 0 Å². The first-order valence-electron chi connectivity index (χ1n) is 7.68. The van der Waals surface area contributed by atoms with Crippen molar-refractivity contribution in [3.8, 4) is 0 Å². The van der Waals surface area contributed by atoms with Gasteiger partial charge in [-0.15, -0.1) is 0 Å². The lowest BCUT2D eigenvalue weighted by atomic mass is 10.1. The van der Waals surface area contributed by atoms with Gasteiger partial charge in [0.1, 0.15) is 25.0 Å². The standard InChI is InChI=1S/C19H22N2S.ClH/c1-5-12-20(3)16-9-7-15(8-10-16)19-21(4)17-11-6-14(2)13-18(17)22-19;/h6-11,13H,4-5,12H2,1-3H3;1H/q+2;/p-1. The third-order valence-electron chi connectivity index (χ3n) is 3.97. The van der Waals surface area contributed by atoms with Crippen LogP contribution in [0.15, 0.2) is 42.5 Å². The molecule has 0 aliphatic heterocycles. The second kappa shape index (κ2) is 7.24. The van der Waals surface area contributed by atoms with Gasteiger partial charge in [-0.05, 0) is 30.7 Å². The zero-order chi connectivity index (χ0) is 15.7. The van der Waals surface area contributed by atoms with Gasteiger partial charge in [-0.2, -0.15) is 4.24 Å². The summed E-state index contributed by atoms with van der Waals surface area (Å²) in [6.45, 7) is 9.63. The number of fused-ring (bicyclic) bond motifs is 1. The second-order valence-corrected chi connectivity index (χ2v) is 6.81. The van der Waals surface area contributed by atoms with Crippen LogP contribution < -0.4 is 21.3 Å². The lowest BCUT2D eigenvalue weighted by molar-refractivity contribution is -0.495. The molecular weight excluding hydrogens is 324 g/mol. The van der Waals surface area contributed by atoms with E-state index in [-0.39, 0.29) is 12.4 Å². The van der Waals surface area contributed by atoms with E-state index in [1.807, 2.05) is 4.24 Å². The van der Waals surface area contributed by atoms with E-state index in [1.165, 1.54) is 31.7 Å². The average Bonchev–Trinajstić information content (AvgIpc) is 2.84. The summed E-state index contributed by atoms with van der Waals surface area (Å²) in [4.78, 5) is 0. The second-order valence-electron chi connectivity index (χ2n) is 5.77. The summed E-state index contributed by atoms with van der Waals surface area (Å²) >= 11 is 1.80. The van der Waals surface area contributed by atoms with Crippen LogP contribution in [0.2, 0.25) is 0 Å². The van der Waals surface area contributed by atoms with Crippen molar-refractivity contribution < 1.29 is 21.2 Å². The Balaban J connectivity index is 0.00000192. The Morgan fingerprint density at radius 2 is 1.87 bits per heavy atom. The van der Waals surface area contributed by atoms with Crippen LogP contribution in [-0.2, 0) is 0 Å². The highest BCUT2D eigenvalue weighted by Gasteiger charge is 2.14. The van der Waals surface area contributed by atoms with E-state index >= 15 is 0 Å². The number of halogens is 1. The van der Waals surface area contributed by atoms with Crippen LogP contribution in [0.5, 0.6) is 0 Å². The highest BCUT2D eigenvalue weighted by molar-refractivity contribution is 7.16. The Bertz CT molecular complexity index is 914. The zero-order valence-corrected chi connectivity index (χ0v) is 15.4. The number of hydrogen-bond donors (Lipinski definition) is 0. The maximum absolute atomic E-state index is 4.22. The Kier molecular flexibility index (Phi) is 5.55. The Hall–Kier alpha value is -1.71. The fraction of sp³-hybridized carbons (Fsp3) is 0.263. The number of benzene rings is 1. The molecule has 2 nitrogen and oxygen atoms in total. The molecule has 0 atom stereocenters. The number of aryl methyl sites for hydroxylation is 1. The number of allylic oxidation sites excluding steroid dienone is 4. The van der Waals surface area contributed by atoms with Crippen molar-refractivity contribution in [2.45, 2.75) is 20.3 Å². The first-order chi connectivity index (χ1) is 10.6. The third-order valence-corrected chi connectivity index (χ3v) is 5.17. The molecule has 1 aliphatic carbocycles. The molecule has 1 aromatic heterocycles. The SMILES string of the molecule is C=[n+]1c(=C2C=CC(=[N+](C)CCC)C=C2)sc2cc(C)ccc21.[Cl-]. The van der Waals surface area contributed by atoms with Crippen molar-refractivity contribution in [1.82, 2.24) is 0 Å². The van der Waals surface area contributed by atoms with Crippen molar-refractivity contribution in [3.05, 3.63) is 59.4 Å². The number of thiazole rings is 1. The topological polar surface area (TPSA) is 8.91 Å². The van der Waals surface area contributed by atoms with Crippen LogP contribution in [0.4, 0.5) is 0 Å². The highest BCUT2D eigenvalue weighted by atomic mass is 35.5. The smallest absolute Gasteiger partial charge is 0.274 e. The third kappa shape index (κ3) is 3.46. The van der Waals surface area contributed by atoms with E-state index in [4.69, 9.17) is 0 Å². The average molecular weight is 346 g/mol. The molecule has 0 unspecified atom stereocenters. The Morgan fingerprint density at radius 1 is 1.17 bits per heavy atom. The quantitative estimate of drug-likeness (QED) is 0.673. The summed E-state index contributed by atoms with van der Waals surface area (Å²) in [5.74, 6) is 0. The first-order valence-corrected chi connectivity index (χ1v) is 8.49. The van der Waals surface area contributed by atoms with Gasteiger partial charge in [0, 0.05) is 24.6 Å². The van der Waals surface area contributed by atoms with Crippen molar-refractivity contribution in [1.29, 1.82) is 0 Å². The Labute approximate surface area is 147 Å². The minimum Gasteiger partial charge on any atom is -1.00 e. The summed E-state index contributed by atoms with van der Waals surface area (Å²) in [6.07, 6.45) is 9.94. The van der Waals surface area contributed by atoms with E-state index < -0.39 is 0 Å². The van der Waals surface area contributed by atoms with Gasteiger partial charge < -0.3 is 12.4 Å². The minimum atomic E-state index is 0. The summed E-state index contributed by atoms with van der Waals surface area (Å²) in [5.41, 5.74) is 4.97. The molecule has 0 N–H and O–H groups in total. The molecule has 0 saturated carbocycles. The molecule has 0 bridgehead atoms. The molecule has 2 aromatic rings. The molecule has 0 fully saturated rings. The summed E-state index contributed by atoms with van der Waals surface area (Å²) < 4.78 is 6.82. The van der Waals surface area contributed by atoms with Crippen LogP contribution in [0, 0.1) is 13.6 Å². The molecule has 1 aromatic carbocycles. The van der Waals surface area contributed by atoms with E-state index in [0.717, 1.165) is 13.0 Å². The number of nitrogens with zero attached hydrogens (tertiary/aromatic N) is 2. The monoisotopic (exact) mass is 345 g/mol. The maximum atomic E-state index is 4.22. The fourth-order valence-electron chi connectivity index (χ4n) is 2.73. The van der Waals surface area contributed by atoms with Crippen molar-refractivity contribution in [3.63, 3.8) is 0 Å². The van der Waals surface area contributed by atoms with Crippen molar-refractivity contribution in [2.75, 3.05) is 13.6 Å². The molecule has 0 amide bonds.